The van der Waals surface area contributed by atoms with Gasteiger partial charge in [0.05, 0.1) is 5.69 Å². The van der Waals surface area contributed by atoms with Crippen LogP contribution in [-0.4, -0.2) is 15.2 Å². The summed E-state index contributed by atoms with van der Waals surface area (Å²) in [6.07, 6.45) is 1.78. The molecule has 0 aliphatic carbocycles. The molecule has 0 bridgehead atoms. The molecule has 120 valence electrons. The number of pyridine rings is 1. The molecule has 4 aromatic rings. The summed E-state index contributed by atoms with van der Waals surface area (Å²) in [5.41, 5.74) is 5.62. The standard InChI is InChI=1S/C21H15N3S/c25-21-19(17-13-7-8-14-22-17)18(15-9-3-1-4-10-15)20(23-24-21)16-11-5-2-6-12-16/h1-14H,(H,24,25). The molecule has 0 N–H and O–H groups in total. The summed E-state index contributed by atoms with van der Waals surface area (Å²) < 4.78 is 0. The molecule has 0 spiro atoms. The van der Waals surface area contributed by atoms with Gasteiger partial charge in [-0.25, -0.2) is 0 Å². The van der Waals surface area contributed by atoms with Crippen molar-refractivity contribution in [3.63, 3.8) is 0 Å². The van der Waals surface area contributed by atoms with Crippen LogP contribution >= 0.6 is 12.6 Å². The predicted octanol–water partition coefficient (Wildman–Crippen LogP) is 5.16. The van der Waals surface area contributed by atoms with Gasteiger partial charge in [0, 0.05) is 22.9 Å². The molecule has 4 rings (SSSR count). The van der Waals surface area contributed by atoms with Crippen molar-refractivity contribution in [3.05, 3.63) is 85.1 Å². The second-order valence-corrected chi connectivity index (χ2v) is 5.99. The molecule has 0 radical (unpaired) electrons. The minimum absolute atomic E-state index is 0.567. The van der Waals surface area contributed by atoms with E-state index in [1.807, 2.05) is 66.7 Å². The molecule has 0 saturated carbocycles. The number of hydrogen-bond donors (Lipinski definition) is 1. The first-order valence-corrected chi connectivity index (χ1v) is 8.41. The molecule has 4 heteroatoms. The predicted molar refractivity (Wildman–Crippen MR) is 103 cm³/mol. The zero-order valence-electron chi connectivity index (χ0n) is 13.4. The van der Waals surface area contributed by atoms with Crippen LogP contribution in [0.3, 0.4) is 0 Å². The van der Waals surface area contributed by atoms with Gasteiger partial charge in [-0.3, -0.25) is 4.98 Å². The van der Waals surface area contributed by atoms with Gasteiger partial charge in [0.1, 0.15) is 10.7 Å². The third-order valence-corrected chi connectivity index (χ3v) is 4.30. The zero-order valence-corrected chi connectivity index (χ0v) is 14.3. The van der Waals surface area contributed by atoms with Crippen molar-refractivity contribution >= 4 is 12.6 Å². The van der Waals surface area contributed by atoms with Crippen LogP contribution in [0, 0.1) is 0 Å². The average Bonchev–Trinajstić information content (AvgIpc) is 2.70. The Morgan fingerprint density at radius 2 is 1.24 bits per heavy atom. The number of rotatable bonds is 3. The summed E-state index contributed by atoms with van der Waals surface area (Å²) in [6, 6.07) is 26.1. The van der Waals surface area contributed by atoms with E-state index >= 15 is 0 Å². The maximum absolute atomic E-state index is 4.58. The van der Waals surface area contributed by atoms with Gasteiger partial charge in [-0.15, -0.1) is 22.8 Å². The SMILES string of the molecule is Sc1nnc(-c2ccccc2)c(-c2ccccc2)c1-c1ccccn1. The number of nitrogens with zero attached hydrogens (tertiary/aromatic N) is 3. The summed E-state index contributed by atoms with van der Waals surface area (Å²) >= 11 is 4.58. The fraction of sp³-hybridized carbons (Fsp3) is 0. The molecule has 3 nitrogen and oxygen atoms in total. The number of hydrogen-bond acceptors (Lipinski definition) is 4. The van der Waals surface area contributed by atoms with E-state index in [2.05, 4.69) is 39.9 Å². The topological polar surface area (TPSA) is 38.7 Å². The second-order valence-electron chi connectivity index (χ2n) is 5.57. The van der Waals surface area contributed by atoms with E-state index in [1.165, 1.54) is 0 Å². The number of benzene rings is 2. The van der Waals surface area contributed by atoms with Crippen LogP contribution in [0.1, 0.15) is 0 Å². The van der Waals surface area contributed by atoms with Gasteiger partial charge in [-0.1, -0.05) is 66.7 Å². The van der Waals surface area contributed by atoms with Crippen LogP contribution in [0.15, 0.2) is 90.1 Å². The summed E-state index contributed by atoms with van der Waals surface area (Å²) in [6.45, 7) is 0. The minimum atomic E-state index is 0.567. The van der Waals surface area contributed by atoms with Gasteiger partial charge in [0.15, 0.2) is 0 Å². The molecule has 25 heavy (non-hydrogen) atoms. The quantitative estimate of drug-likeness (QED) is 0.523. The van der Waals surface area contributed by atoms with Gasteiger partial charge < -0.3 is 0 Å². The highest BCUT2D eigenvalue weighted by atomic mass is 32.1. The Hall–Kier alpha value is -2.98. The lowest BCUT2D eigenvalue weighted by atomic mass is 9.94. The van der Waals surface area contributed by atoms with E-state index in [4.69, 9.17) is 0 Å². The van der Waals surface area contributed by atoms with Crippen molar-refractivity contribution in [2.24, 2.45) is 0 Å². The third-order valence-electron chi connectivity index (χ3n) is 3.99. The number of thiol groups is 1. The molecule has 2 heterocycles. The van der Waals surface area contributed by atoms with E-state index in [0.717, 1.165) is 33.6 Å². The maximum atomic E-state index is 4.58. The Balaban J connectivity index is 2.08. The second kappa shape index (κ2) is 6.87. The molecule has 0 saturated heterocycles. The van der Waals surface area contributed by atoms with Gasteiger partial charge in [-0.05, 0) is 17.7 Å². The van der Waals surface area contributed by atoms with Crippen LogP contribution < -0.4 is 0 Å². The largest absolute Gasteiger partial charge is 0.256 e. The average molecular weight is 341 g/mol. The number of aromatic nitrogens is 3. The summed E-state index contributed by atoms with van der Waals surface area (Å²) in [4.78, 5) is 4.51. The third kappa shape index (κ3) is 3.04. The first-order valence-electron chi connectivity index (χ1n) is 7.96. The smallest absolute Gasteiger partial charge is 0.126 e. The minimum Gasteiger partial charge on any atom is -0.256 e. The van der Waals surface area contributed by atoms with Crippen molar-refractivity contribution in [3.8, 4) is 33.6 Å². The Kier molecular flexibility index (Phi) is 4.27. The summed E-state index contributed by atoms with van der Waals surface area (Å²) in [5, 5.41) is 9.32. The van der Waals surface area contributed by atoms with Gasteiger partial charge >= 0.3 is 0 Å². The van der Waals surface area contributed by atoms with E-state index in [-0.39, 0.29) is 0 Å². The fourth-order valence-electron chi connectivity index (χ4n) is 2.86. The Morgan fingerprint density at radius 1 is 0.600 bits per heavy atom. The Labute approximate surface area is 151 Å². The molecule has 0 aliphatic rings. The Bertz CT molecular complexity index is 988. The van der Waals surface area contributed by atoms with E-state index in [1.54, 1.807) is 6.20 Å². The molecule has 0 aliphatic heterocycles. The molecular formula is C21H15N3S. The van der Waals surface area contributed by atoms with Crippen LogP contribution in [0.5, 0.6) is 0 Å². The van der Waals surface area contributed by atoms with E-state index < -0.39 is 0 Å². The van der Waals surface area contributed by atoms with Crippen molar-refractivity contribution < 1.29 is 0 Å². The van der Waals surface area contributed by atoms with Crippen LogP contribution in [-0.2, 0) is 0 Å². The molecule has 0 atom stereocenters. The molecular weight excluding hydrogens is 326 g/mol. The monoisotopic (exact) mass is 341 g/mol. The highest BCUT2D eigenvalue weighted by Gasteiger charge is 2.19. The van der Waals surface area contributed by atoms with E-state index in [0.29, 0.717) is 5.03 Å². The lowest BCUT2D eigenvalue weighted by Crippen LogP contribution is -1.99. The van der Waals surface area contributed by atoms with Crippen LogP contribution in [0.25, 0.3) is 33.6 Å². The Morgan fingerprint density at radius 3 is 1.88 bits per heavy atom. The van der Waals surface area contributed by atoms with Gasteiger partial charge in [0.25, 0.3) is 0 Å². The lowest BCUT2D eigenvalue weighted by molar-refractivity contribution is 0.943. The van der Waals surface area contributed by atoms with Crippen molar-refractivity contribution in [1.29, 1.82) is 0 Å². The van der Waals surface area contributed by atoms with Gasteiger partial charge in [-0.2, -0.15) is 0 Å². The summed E-state index contributed by atoms with van der Waals surface area (Å²) in [5.74, 6) is 0. The van der Waals surface area contributed by atoms with E-state index in [9.17, 15) is 0 Å². The first kappa shape index (κ1) is 15.5. The normalized spacial score (nSPS) is 10.6. The van der Waals surface area contributed by atoms with Gasteiger partial charge in [0.2, 0.25) is 0 Å². The molecule has 0 amide bonds. The highest BCUT2D eigenvalue weighted by Crippen LogP contribution is 2.40. The zero-order chi connectivity index (χ0) is 17.1. The summed E-state index contributed by atoms with van der Waals surface area (Å²) in [7, 11) is 0. The lowest BCUT2D eigenvalue weighted by Gasteiger charge is -2.15. The highest BCUT2D eigenvalue weighted by molar-refractivity contribution is 7.80. The van der Waals surface area contributed by atoms with Crippen LogP contribution in [0.2, 0.25) is 0 Å². The fourth-order valence-corrected chi connectivity index (χ4v) is 3.14. The molecule has 0 unspecified atom stereocenters. The van der Waals surface area contributed by atoms with Crippen molar-refractivity contribution in [2.75, 3.05) is 0 Å². The van der Waals surface area contributed by atoms with Crippen molar-refractivity contribution in [1.82, 2.24) is 15.2 Å². The molecule has 0 fully saturated rings. The maximum Gasteiger partial charge on any atom is 0.126 e. The van der Waals surface area contributed by atoms with Crippen LogP contribution in [0.4, 0.5) is 0 Å². The first-order chi connectivity index (χ1) is 12.3. The molecule has 2 aromatic heterocycles. The molecule has 2 aromatic carbocycles. The van der Waals surface area contributed by atoms with Crippen molar-refractivity contribution in [2.45, 2.75) is 5.03 Å².